The monoisotopic (exact) mass is 332 g/mol. The minimum absolute atomic E-state index is 0. The fourth-order valence-corrected chi connectivity index (χ4v) is 2.11. The van der Waals surface area contributed by atoms with E-state index in [1.165, 1.54) is 16.8 Å². The van der Waals surface area contributed by atoms with Crippen LogP contribution in [0.1, 0.15) is 6.42 Å². The fourth-order valence-electron chi connectivity index (χ4n) is 1.64. The van der Waals surface area contributed by atoms with E-state index in [1.54, 1.807) is 24.3 Å². The van der Waals surface area contributed by atoms with Crippen molar-refractivity contribution in [3.05, 3.63) is 52.8 Å². The Morgan fingerprint density at radius 1 is 1.14 bits per heavy atom. The van der Waals surface area contributed by atoms with E-state index in [9.17, 15) is 17.8 Å². The van der Waals surface area contributed by atoms with Crippen molar-refractivity contribution in [3.63, 3.8) is 0 Å². The first-order chi connectivity index (χ1) is 9.96. The van der Waals surface area contributed by atoms with Crippen LogP contribution in [0.15, 0.2) is 47.3 Å². The number of nitrogens with zero attached hydrogens (tertiary/aromatic N) is 2. The molecule has 0 spiro atoms. The number of hydrogen-bond donors (Lipinski definition) is 0. The zero-order valence-corrected chi connectivity index (χ0v) is 14.8. The van der Waals surface area contributed by atoms with Crippen LogP contribution in [0, 0.1) is 0 Å². The van der Waals surface area contributed by atoms with Crippen molar-refractivity contribution in [3.8, 4) is 11.6 Å². The summed E-state index contributed by atoms with van der Waals surface area (Å²) in [5.41, 5.74) is 0.283. The molecule has 2 aromatic rings. The summed E-state index contributed by atoms with van der Waals surface area (Å²) in [5, 5.41) is 4.03. The van der Waals surface area contributed by atoms with Gasteiger partial charge in [-0.1, -0.05) is 18.2 Å². The van der Waals surface area contributed by atoms with E-state index in [4.69, 9.17) is 4.74 Å². The van der Waals surface area contributed by atoms with Crippen molar-refractivity contribution in [2.75, 3.05) is 12.4 Å². The molecule has 0 aliphatic heterocycles. The number of rotatable bonds is 6. The van der Waals surface area contributed by atoms with E-state index >= 15 is 0 Å². The molecule has 9 heteroatoms. The molecule has 0 amide bonds. The number of aromatic nitrogens is 2. The van der Waals surface area contributed by atoms with Crippen molar-refractivity contribution in [1.82, 2.24) is 9.78 Å². The van der Waals surface area contributed by atoms with Gasteiger partial charge in [-0.15, -0.1) is 5.10 Å². The van der Waals surface area contributed by atoms with Gasteiger partial charge in [0.1, 0.15) is 0 Å². The normalized spacial score (nSPS) is 10.8. The molecule has 0 unspecified atom stereocenters. The summed E-state index contributed by atoms with van der Waals surface area (Å²) < 4.78 is 37.8. The van der Waals surface area contributed by atoms with Gasteiger partial charge < -0.3 is 9.29 Å². The topological polar surface area (TPSA) is 101 Å². The summed E-state index contributed by atoms with van der Waals surface area (Å²) in [5.74, 6) is -0.313. The second-order valence-corrected chi connectivity index (χ2v) is 5.74. The fraction of sp³-hybridized carbons (Fsp3) is 0.231. The zero-order chi connectivity index (χ0) is 15.3. The van der Waals surface area contributed by atoms with Crippen molar-refractivity contribution >= 4 is 10.1 Å². The van der Waals surface area contributed by atoms with Crippen LogP contribution >= 0.6 is 0 Å². The molecular weight excluding hydrogens is 319 g/mol. The van der Waals surface area contributed by atoms with Gasteiger partial charge in [0.05, 0.1) is 22.4 Å². The predicted octanol–water partition coefficient (Wildman–Crippen LogP) is -2.45. The summed E-state index contributed by atoms with van der Waals surface area (Å²) in [6, 6.07) is 11.5. The molecule has 22 heavy (non-hydrogen) atoms. The summed E-state index contributed by atoms with van der Waals surface area (Å²) in [6.45, 7) is 0.0292. The Bertz CT molecular complexity index is 761. The summed E-state index contributed by atoms with van der Waals surface area (Å²) in [6.07, 6.45) is 0.0674. The molecule has 1 heterocycles. The van der Waals surface area contributed by atoms with Crippen molar-refractivity contribution < 1.29 is 47.3 Å². The molecule has 0 saturated carbocycles. The first-order valence-corrected chi connectivity index (χ1v) is 7.76. The number of ether oxygens (including phenoxy) is 1. The summed E-state index contributed by atoms with van der Waals surface area (Å²) in [4.78, 5) is 11.8. The van der Waals surface area contributed by atoms with Gasteiger partial charge in [-0.05, 0) is 18.6 Å². The molecule has 0 N–H and O–H groups in total. The van der Waals surface area contributed by atoms with E-state index in [0.29, 0.717) is 5.69 Å². The van der Waals surface area contributed by atoms with Crippen LogP contribution in [0.3, 0.4) is 0 Å². The largest absolute Gasteiger partial charge is 1.00 e. The molecule has 0 bridgehead atoms. The Morgan fingerprint density at radius 2 is 1.82 bits per heavy atom. The Balaban J connectivity index is 0.00000242. The average Bonchev–Trinajstić information content (AvgIpc) is 2.45. The minimum Gasteiger partial charge on any atom is -0.748 e. The van der Waals surface area contributed by atoms with Crippen LogP contribution in [0.5, 0.6) is 5.88 Å². The maximum Gasteiger partial charge on any atom is 1.00 e. The maximum atomic E-state index is 11.8. The molecule has 0 fully saturated rings. The second kappa shape index (κ2) is 8.44. The van der Waals surface area contributed by atoms with Gasteiger partial charge in [0.25, 0.3) is 5.56 Å². The van der Waals surface area contributed by atoms with Gasteiger partial charge in [0, 0.05) is 17.9 Å². The van der Waals surface area contributed by atoms with Gasteiger partial charge >= 0.3 is 29.6 Å². The predicted molar refractivity (Wildman–Crippen MR) is 74.5 cm³/mol. The van der Waals surface area contributed by atoms with Gasteiger partial charge in [-0.25, -0.2) is 8.42 Å². The van der Waals surface area contributed by atoms with Crippen LogP contribution in [0.4, 0.5) is 0 Å². The third kappa shape index (κ3) is 5.90. The first kappa shape index (κ1) is 18.9. The van der Waals surface area contributed by atoms with Gasteiger partial charge in [0.15, 0.2) is 0 Å². The summed E-state index contributed by atoms with van der Waals surface area (Å²) in [7, 11) is -4.24. The Kier molecular flexibility index (Phi) is 7.24. The molecular formula is C13H13N2NaO5S. The van der Waals surface area contributed by atoms with Crippen LogP contribution in [0.25, 0.3) is 5.69 Å². The quantitative estimate of drug-likeness (QED) is 0.331. The van der Waals surface area contributed by atoms with Gasteiger partial charge in [-0.3, -0.25) is 4.79 Å². The van der Waals surface area contributed by atoms with Crippen molar-refractivity contribution in [1.29, 1.82) is 0 Å². The Labute approximate surface area is 150 Å². The van der Waals surface area contributed by atoms with Crippen LogP contribution in [0.2, 0.25) is 0 Å². The van der Waals surface area contributed by atoms with Gasteiger partial charge in [-0.2, -0.15) is 4.68 Å². The Morgan fingerprint density at radius 3 is 2.45 bits per heavy atom. The van der Waals surface area contributed by atoms with E-state index in [1.807, 2.05) is 6.07 Å². The number of hydrogen-bond acceptors (Lipinski definition) is 6. The maximum absolute atomic E-state index is 11.8. The Hall–Kier alpha value is -1.19. The SMILES string of the molecule is O=c1ccc(OCCCS(=O)(=O)[O-])nn1-c1ccccc1.[Na+]. The van der Waals surface area contributed by atoms with E-state index in [0.717, 1.165) is 0 Å². The van der Waals surface area contributed by atoms with Crippen LogP contribution in [-0.2, 0) is 10.1 Å². The zero-order valence-electron chi connectivity index (χ0n) is 12.0. The van der Waals surface area contributed by atoms with Crippen LogP contribution < -0.4 is 39.9 Å². The average molecular weight is 332 g/mol. The van der Waals surface area contributed by atoms with Crippen molar-refractivity contribution in [2.45, 2.75) is 6.42 Å². The molecule has 0 radical (unpaired) electrons. The smallest absolute Gasteiger partial charge is 0.748 e. The van der Waals surface area contributed by atoms with Crippen molar-refractivity contribution in [2.24, 2.45) is 0 Å². The molecule has 0 aliphatic rings. The number of para-hydroxylation sites is 1. The molecule has 7 nitrogen and oxygen atoms in total. The molecule has 0 saturated heterocycles. The summed E-state index contributed by atoms with van der Waals surface area (Å²) >= 11 is 0. The van der Waals surface area contributed by atoms with E-state index in [2.05, 4.69) is 5.10 Å². The molecule has 0 aliphatic carbocycles. The van der Waals surface area contributed by atoms with Gasteiger partial charge in [0.2, 0.25) is 5.88 Å². The van der Waals surface area contributed by atoms with E-state index < -0.39 is 15.9 Å². The van der Waals surface area contributed by atoms with Crippen LogP contribution in [-0.4, -0.2) is 35.1 Å². The third-order valence-corrected chi connectivity index (χ3v) is 3.35. The molecule has 1 aromatic carbocycles. The third-order valence-electron chi connectivity index (χ3n) is 2.57. The standard InChI is InChI=1S/C13H14N2O5S.Na/c16-13-8-7-12(20-9-4-10-21(17,18)19)14-15(13)11-5-2-1-3-6-11;/h1-3,5-8H,4,9-10H2,(H,17,18,19);/q;+1/p-1. The molecule has 2 rings (SSSR count). The molecule has 1 aromatic heterocycles. The molecule has 0 atom stereocenters. The minimum atomic E-state index is -4.24. The number of benzene rings is 1. The first-order valence-electron chi connectivity index (χ1n) is 6.18. The van der Waals surface area contributed by atoms with E-state index in [-0.39, 0.29) is 54.0 Å². The molecule has 112 valence electrons. The second-order valence-electron chi connectivity index (χ2n) is 4.22.